The number of furan rings is 1. The summed E-state index contributed by atoms with van der Waals surface area (Å²) in [6, 6.07) is 2.08. The van der Waals surface area contributed by atoms with E-state index in [2.05, 4.69) is 26.6 Å². The Morgan fingerprint density at radius 3 is 3.06 bits per heavy atom. The minimum atomic E-state index is -0.0850. The third-order valence-corrected chi connectivity index (χ3v) is 2.92. The quantitative estimate of drug-likeness (QED) is 0.897. The minimum Gasteiger partial charge on any atom is -0.457 e. The van der Waals surface area contributed by atoms with Gasteiger partial charge < -0.3 is 15.1 Å². The van der Waals surface area contributed by atoms with Crippen molar-refractivity contribution >= 4 is 34.2 Å². The van der Waals surface area contributed by atoms with Crippen molar-refractivity contribution in [3.8, 4) is 0 Å². The molecule has 1 aliphatic heterocycles. The predicted molar refractivity (Wildman–Crippen MR) is 67.0 cm³/mol. The van der Waals surface area contributed by atoms with Crippen LogP contribution in [0.25, 0.3) is 0 Å². The van der Waals surface area contributed by atoms with Gasteiger partial charge in [-0.25, -0.2) is 0 Å². The van der Waals surface area contributed by atoms with Gasteiger partial charge in [-0.1, -0.05) is 0 Å². The van der Waals surface area contributed by atoms with Gasteiger partial charge in [-0.15, -0.1) is 12.4 Å². The molecule has 2 N–H and O–H groups in total. The van der Waals surface area contributed by atoms with Gasteiger partial charge in [0, 0.05) is 18.7 Å². The number of hydrogen-bond donors (Lipinski definition) is 2. The normalized spacial score (nSPS) is 19.2. The Morgan fingerprint density at radius 2 is 2.50 bits per heavy atom. The largest absolute Gasteiger partial charge is 0.457 e. The van der Waals surface area contributed by atoms with Crippen molar-refractivity contribution in [3.05, 3.63) is 22.6 Å². The van der Waals surface area contributed by atoms with Crippen molar-refractivity contribution < 1.29 is 9.21 Å². The Bertz CT molecular complexity index is 350. The molecule has 0 radical (unpaired) electrons. The maximum atomic E-state index is 11.6. The second-order valence-corrected chi connectivity index (χ2v) is 4.42. The fraction of sp³-hybridized carbons (Fsp3) is 0.500. The molecule has 2 heterocycles. The highest BCUT2D eigenvalue weighted by molar-refractivity contribution is 9.10. The maximum absolute atomic E-state index is 11.6. The van der Waals surface area contributed by atoms with E-state index in [-0.39, 0.29) is 18.3 Å². The molecule has 0 saturated carbocycles. The van der Waals surface area contributed by atoms with Crippen molar-refractivity contribution in [2.24, 2.45) is 0 Å². The number of carbonyl (C=O) groups excluding carboxylic acids is 1. The van der Waals surface area contributed by atoms with Crippen LogP contribution in [0.3, 0.4) is 0 Å². The fourth-order valence-corrected chi connectivity index (χ4v) is 2.02. The molecule has 2 rings (SSSR count). The van der Waals surface area contributed by atoms with E-state index in [1.807, 2.05) is 0 Å². The van der Waals surface area contributed by atoms with Crippen LogP contribution in [-0.4, -0.2) is 25.0 Å². The molecule has 0 aromatic carbocycles. The Morgan fingerprint density at radius 1 is 1.69 bits per heavy atom. The van der Waals surface area contributed by atoms with Gasteiger partial charge in [-0.3, -0.25) is 4.79 Å². The van der Waals surface area contributed by atoms with Gasteiger partial charge in [0.15, 0.2) is 4.67 Å². The van der Waals surface area contributed by atoms with Gasteiger partial charge in [-0.2, -0.15) is 0 Å². The maximum Gasteiger partial charge on any atom is 0.254 e. The standard InChI is InChI=1S/C10H13BrN2O2.ClH/c11-9-4-7(6-15-9)10(14)13-5-8-2-1-3-12-8;/h4,6,8,12H,1-3,5H2,(H,13,14);1H. The fourth-order valence-electron chi connectivity index (χ4n) is 1.68. The van der Waals surface area contributed by atoms with Crippen LogP contribution < -0.4 is 10.6 Å². The lowest BCUT2D eigenvalue weighted by molar-refractivity contribution is 0.0949. The van der Waals surface area contributed by atoms with Gasteiger partial charge in [0.25, 0.3) is 5.91 Å². The summed E-state index contributed by atoms with van der Waals surface area (Å²) in [4.78, 5) is 11.6. The second-order valence-electron chi connectivity index (χ2n) is 3.64. The molecule has 1 saturated heterocycles. The molecule has 0 bridgehead atoms. The summed E-state index contributed by atoms with van der Waals surface area (Å²) >= 11 is 3.16. The predicted octanol–water partition coefficient (Wildman–Crippen LogP) is 1.95. The number of amides is 1. The van der Waals surface area contributed by atoms with Crippen LogP contribution in [0.4, 0.5) is 0 Å². The molecule has 0 aliphatic carbocycles. The molecule has 6 heteroatoms. The van der Waals surface area contributed by atoms with E-state index in [0.29, 0.717) is 22.8 Å². The number of rotatable bonds is 3. The van der Waals surface area contributed by atoms with E-state index in [9.17, 15) is 4.79 Å². The Labute approximate surface area is 109 Å². The summed E-state index contributed by atoms with van der Waals surface area (Å²) in [6.07, 6.45) is 3.77. The zero-order valence-corrected chi connectivity index (χ0v) is 11.1. The van der Waals surface area contributed by atoms with Gasteiger partial charge in [0.1, 0.15) is 6.26 Å². The van der Waals surface area contributed by atoms with Gasteiger partial charge >= 0.3 is 0 Å². The third-order valence-electron chi connectivity index (χ3n) is 2.50. The van der Waals surface area contributed by atoms with Gasteiger partial charge in [-0.05, 0) is 35.3 Å². The van der Waals surface area contributed by atoms with Crippen molar-refractivity contribution in [2.45, 2.75) is 18.9 Å². The van der Waals surface area contributed by atoms with Crippen LogP contribution in [0, 0.1) is 0 Å². The average molecular weight is 310 g/mol. The first-order valence-corrected chi connectivity index (χ1v) is 5.80. The lowest BCUT2D eigenvalue weighted by atomic mass is 10.2. The Hall–Kier alpha value is -0.520. The number of hydrogen-bond acceptors (Lipinski definition) is 3. The molecular weight excluding hydrogens is 295 g/mol. The Balaban J connectivity index is 0.00000128. The first-order valence-electron chi connectivity index (χ1n) is 5.01. The van der Waals surface area contributed by atoms with Gasteiger partial charge in [0.05, 0.1) is 5.56 Å². The monoisotopic (exact) mass is 308 g/mol. The molecular formula is C10H14BrClN2O2. The van der Waals surface area contributed by atoms with Crippen LogP contribution >= 0.6 is 28.3 Å². The van der Waals surface area contributed by atoms with Crippen LogP contribution in [-0.2, 0) is 0 Å². The summed E-state index contributed by atoms with van der Waals surface area (Å²) < 4.78 is 5.57. The molecule has 1 amide bonds. The Kier molecular flexibility index (Phi) is 5.31. The van der Waals surface area contributed by atoms with Crippen LogP contribution in [0.1, 0.15) is 23.2 Å². The molecule has 1 unspecified atom stereocenters. The van der Waals surface area contributed by atoms with Crippen molar-refractivity contribution in [1.29, 1.82) is 0 Å². The van der Waals surface area contributed by atoms with E-state index in [4.69, 9.17) is 4.42 Å². The smallest absolute Gasteiger partial charge is 0.254 e. The minimum absolute atomic E-state index is 0. The SMILES string of the molecule is Cl.O=C(NCC1CCCN1)c1coc(Br)c1. The van der Waals surface area contributed by atoms with Crippen LogP contribution in [0.2, 0.25) is 0 Å². The number of halogens is 2. The average Bonchev–Trinajstić information content (AvgIpc) is 2.84. The van der Waals surface area contributed by atoms with E-state index in [1.54, 1.807) is 6.07 Å². The van der Waals surface area contributed by atoms with Crippen LogP contribution in [0.15, 0.2) is 21.4 Å². The summed E-state index contributed by atoms with van der Waals surface area (Å²) in [5.74, 6) is -0.0850. The molecule has 1 atom stereocenters. The number of nitrogens with one attached hydrogen (secondary N) is 2. The van der Waals surface area contributed by atoms with E-state index >= 15 is 0 Å². The highest BCUT2D eigenvalue weighted by Crippen LogP contribution is 2.13. The summed E-state index contributed by atoms with van der Waals surface area (Å²) in [5.41, 5.74) is 0.555. The first-order chi connectivity index (χ1) is 7.25. The highest BCUT2D eigenvalue weighted by Gasteiger charge is 2.15. The van der Waals surface area contributed by atoms with Crippen molar-refractivity contribution in [3.63, 3.8) is 0 Å². The molecule has 16 heavy (non-hydrogen) atoms. The van der Waals surface area contributed by atoms with E-state index < -0.39 is 0 Å². The molecule has 1 fully saturated rings. The molecule has 1 aromatic rings. The van der Waals surface area contributed by atoms with Crippen molar-refractivity contribution in [1.82, 2.24) is 10.6 Å². The lowest BCUT2D eigenvalue weighted by Gasteiger charge is -2.10. The molecule has 4 nitrogen and oxygen atoms in total. The summed E-state index contributed by atoms with van der Waals surface area (Å²) in [7, 11) is 0. The highest BCUT2D eigenvalue weighted by atomic mass is 79.9. The van der Waals surface area contributed by atoms with Gasteiger partial charge in [0.2, 0.25) is 0 Å². The second kappa shape index (κ2) is 6.27. The summed E-state index contributed by atoms with van der Waals surface area (Å²) in [5, 5.41) is 6.19. The zero-order chi connectivity index (χ0) is 10.7. The van der Waals surface area contributed by atoms with E-state index in [1.165, 1.54) is 12.7 Å². The lowest BCUT2D eigenvalue weighted by Crippen LogP contribution is -2.36. The zero-order valence-electron chi connectivity index (χ0n) is 8.66. The van der Waals surface area contributed by atoms with Crippen LogP contribution in [0.5, 0.6) is 0 Å². The topological polar surface area (TPSA) is 54.3 Å². The van der Waals surface area contributed by atoms with Crippen molar-refractivity contribution in [2.75, 3.05) is 13.1 Å². The summed E-state index contributed by atoms with van der Waals surface area (Å²) in [6.45, 7) is 1.74. The first kappa shape index (κ1) is 13.5. The third kappa shape index (κ3) is 3.50. The molecule has 90 valence electrons. The number of carbonyl (C=O) groups is 1. The molecule has 1 aromatic heterocycles. The van der Waals surface area contributed by atoms with E-state index in [0.717, 1.165) is 13.0 Å². The molecule has 1 aliphatic rings. The molecule has 0 spiro atoms.